The summed E-state index contributed by atoms with van der Waals surface area (Å²) in [6.07, 6.45) is 0.760. The molecule has 0 amide bonds. The summed E-state index contributed by atoms with van der Waals surface area (Å²) in [5.74, 6) is 0.495. The van der Waals surface area contributed by atoms with Crippen LogP contribution in [0.5, 0.6) is 5.88 Å². The van der Waals surface area contributed by atoms with Gasteiger partial charge in [0.1, 0.15) is 4.99 Å². The molecule has 18 heavy (non-hydrogen) atoms. The Labute approximate surface area is 113 Å². The molecule has 1 aromatic heterocycles. The van der Waals surface area contributed by atoms with Crippen molar-refractivity contribution in [2.24, 2.45) is 5.73 Å². The highest BCUT2D eigenvalue weighted by Crippen LogP contribution is 2.18. The molecular formula is C13H20N2O2S. The van der Waals surface area contributed by atoms with Gasteiger partial charge in [0.05, 0.1) is 17.8 Å². The van der Waals surface area contributed by atoms with Crippen LogP contribution in [0.2, 0.25) is 0 Å². The molecule has 0 aliphatic carbocycles. The minimum Gasteiger partial charge on any atom is -0.477 e. The molecule has 0 aliphatic rings. The van der Waals surface area contributed by atoms with Crippen molar-refractivity contribution >= 4 is 17.2 Å². The van der Waals surface area contributed by atoms with E-state index in [1.807, 2.05) is 32.9 Å². The zero-order valence-electron chi connectivity index (χ0n) is 11.3. The van der Waals surface area contributed by atoms with Gasteiger partial charge >= 0.3 is 0 Å². The average molecular weight is 268 g/mol. The lowest BCUT2D eigenvalue weighted by atomic mass is 10.1. The van der Waals surface area contributed by atoms with Crippen molar-refractivity contribution in [3.63, 3.8) is 0 Å². The van der Waals surface area contributed by atoms with E-state index in [4.69, 9.17) is 27.4 Å². The summed E-state index contributed by atoms with van der Waals surface area (Å²) < 4.78 is 11.0. The van der Waals surface area contributed by atoms with E-state index >= 15 is 0 Å². The maximum Gasteiger partial charge on any atom is 0.223 e. The maximum atomic E-state index is 5.66. The first-order valence-corrected chi connectivity index (χ1v) is 6.22. The molecule has 0 fully saturated rings. The molecule has 0 saturated carbocycles. The number of hydrogen-bond acceptors (Lipinski definition) is 4. The number of aromatic nitrogens is 1. The summed E-state index contributed by atoms with van der Waals surface area (Å²) in [7, 11) is 1.69. The minimum absolute atomic E-state index is 0.215. The molecule has 0 spiro atoms. The number of thiocarbonyl (C=S) groups is 1. The quantitative estimate of drug-likeness (QED) is 0.802. The number of rotatable bonds is 6. The predicted molar refractivity (Wildman–Crippen MR) is 76.1 cm³/mol. The first-order chi connectivity index (χ1) is 8.35. The van der Waals surface area contributed by atoms with Crippen LogP contribution in [-0.4, -0.2) is 29.3 Å². The first-order valence-electron chi connectivity index (χ1n) is 5.81. The lowest BCUT2D eigenvalue weighted by Crippen LogP contribution is -2.25. The Hall–Kier alpha value is -1.20. The van der Waals surface area contributed by atoms with Crippen LogP contribution < -0.4 is 10.5 Å². The van der Waals surface area contributed by atoms with Crippen LogP contribution in [0.4, 0.5) is 0 Å². The highest BCUT2D eigenvalue weighted by molar-refractivity contribution is 7.80. The highest BCUT2D eigenvalue weighted by Gasteiger charge is 2.17. The van der Waals surface area contributed by atoms with Gasteiger partial charge in [-0.3, -0.25) is 0 Å². The van der Waals surface area contributed by atoms with Gasteiger partial charge in [-0.2, -0.15) is 0 Å². The lowest BCUT2D eigenvalue weighted by molar-refractivity contribution is 0.00506. The Morgan fingerprint density at radius 2 is 2.11 bits per heavy atom. The summed E-state index contributed by atoms with van der Waals surface area (Å²) in [5.41, 5.74) is 6.96. The Morgan fingerprint density at radius 3 is 2.67 bits per heavy atom. The molecule has 1 aromatic rings. The third-order valence-corrected chi connectivity index (χ3v) is 2.98. The number of nitrogens with zero attached hydrogens (tertiary/aromatic N) is 1. The molecule has 5 heteroatoms. The standard InChI is InChI=1S/C13H20N2O2S/c1-9-5-6-10(11(14)18)12(15-9)17-8-7-13(2,3)16-4/h5-6H,7-8H2,1-4H3,(H2,14,18). The maximum absolute atomic E-state index is 5.66. The van der Waals surface area contributed by atoms with Gasteiger partial charge in [0.2, 0.25) is 5.88 Å². The van der Waals surface area contributed by atoms with Gasteiger partial charge in [-0.05, 0) is 32.9 Å². The van der Waals surface area contributed by atoms with Gasteiger partial charge in [-0.25, -0.2) is 4.98 Å². The second-order valence-electron chi connectivity index (χ2n) is 4.73. The largest absolute Gasteiger partial charge is 0.477 e. The van der Waals surface area contributed by atoms with Crippen molar-refractivity contribution in [3.8, 4) is 5.88 Å². The summed E-state index contributed by atoms with van der Waals surface area (Å²) in [4.78, 5) is 4.60. The molecule has 2 N–H and O–H groups in total. The lowest BCUT2D eigenvalue weighted by Gasteiger charge is -2.22. The topological polar surface area (TPSA) is 57.4 Å². The van der Waals surface area contributed by atoms with Crippen LogP contribution in [0, 0.1) is 6.92 Å². The first kappa shape index (κ1) is 14.9. The fourth-order valence-corrected chi connectivity index (χ4v) is 1.48. The third-order valence-electron chi connectivity index (χ3n) is 2.76. The Morgan fingerprint density at radius 1 is 1.44 bits per heavy atom. The van der Waals surface area contributed by atoms with Crippen molar-refractivity contribution in [1.29, 1.82) is 0 Å². The van der Waals surface area contributed by atoms with Gasteiger partial charge in [0.25, 0.3) is 0 Å². The number of nitrogens with two attached hydrogens (primary N) is 1. The third kappa shape index (κ3) is 4.23. The van der Waals surface area contributed by atoms with E-state index in [1.165, 1.54) is 0 Å². The van der Waals surface area contributed by atoms with Crippen molar-refractivity contribution < 1.29 is 9.47 Å². The molecule has 100 valence electrons. The summed E-state index contributed by atoms with van der Waals surface area (Å²) in [6, 6.07) is 3.70. The monoisotopic (exact) mass is 268 g/mol. The van der Waals surface area contributed by atoms with Crippen molar-refractivity contribution in [2.75, 3.05) is 13.7 Å². The van der Waals surface area contributed by atoms with Crippen LogP contribution in [-0.2, 0) is 4.74 Å². The Kier molecular flexibility index (Phi) is 5.04. The second kappa shape index (κ2) is 6.11. The molecule has 0 aromatic carbocycles. The van der Waals surface area contributed by atoms with E-state index in [-0.39, 0.29) is 5.60 Å². The van der Waals surface area contributed by atoms with E-state index in [0.29, 0.717) is 23.0 Å². The molecule has 4 nitrogen and oxygen atoms in total. The van der Waals surface area contributed by atoms with E-state index in [0.717, 1.165) is 12.1 Å². The number of pyridine rings is 1. The van der Waals surface area contributed by atoms with E-state index < -0.39 is 0 Å². The fraction of sp³-hybridized carbons (Fsp3) is 0.538. The Bertz CT molecular complexity index is 433. The van der Waals surface area contributed by atoms with Crippen LogP contribution in [0.25, 0.3) is 0 Å². The van der Waals surface area contributed by atoms with Gasteiger partial charge in [-0.15, -0.1) is 0 Å². The predicted octanol–water partition coefficient (Wildman–Crippen LogP) is 2.22. The zero-order valence-corrected chi connectivity index (χ0v) is 12.1. The van der Waals surface area contributed by atoms with Gasteiger partial charge in [0, 0.05) is 19.2 Å². The molecular weight excluding hydrogens is 248 g/mol. The molecule has 0 radical (unpaired) electrons. The SMILES string of the molecule is COC(C)(C)CCOc1nc(C)ccc1C(N)=S. The van der Waals surface area contributed by atoms with Crippen LogP contribution in [0.15, 0.2) is 12.1 Å². The number of aryl methyl sites for hydroxylation is 1. The Balaban J connectivity index is 2.72. The van der Waals surface area contributed by atoms with Crippen LogP contribution in [0.3, 0.4) is 0 Å². The molecule has 1 rings (SSSR count). The number of ether oxygens (including phenoxy) is 2. The highest BCUT2D eigenvalue weighted by atomic mass is 32.1. The molecule has 0 bridgehead atoms. The normalized spacial score (nSPS) is 11.3. The minimum atomic E-state index is -0.215. The summed E-state index contributed by atoms with van der Waals surface area (Å²) >= 11 is 4.97. The van der Waals surface area contributed by atoms with Crippen molar-refractivity contribution in [2.45, 2.75) is 32.8 Å². The zero-order chi connectivity index (χ0) is 13.8. The van der Waals surface area contributed by atoms with Crippen LogP contribution >= 0.6 is 12.2 Å². The smallest absolute Gasteiger partial charge is 0.223 e. The molecule has 0 aliphatic heterocycles. The molecule has 0 atom stereocenters. The summed E-state index contributed by atoms with van der Waals surface area (Å²) in [6.45, 7) is 6.42. The van der Waals surface area contributed by atoms with E-state index in [9.17, 15) is 0 Å². The van der Waals surface area contributed by atoms with Crippen molar-refractivity contribution in [1.82, 2.24) is 4.98 Å². The molecule has 0 saturated heterocycles. The summed E-state index contributed by atoms with van der Waals surface area (Å²) in [5, 5.41) is 0. The van der Waals surface area contributed by atoms with Gasteiger partial charge < -0.3 is 15.2 Å². The van der Waals surface area contributed by atoms with Crippen LogP contribution in [0.1, 0.15) is 31.5 Å². The fourth-order valence-electron chi connectivity index (χ4n) is 1.33. The molecule has 0 unspecified atom stereocenters. The van der Waals surface area contributed by atoms with Crippen molar-refractivity contribution in [3.05, 3.63) is 23.4 Å². The number of hydrogen-bond donors (Lipinski definition) is 1. The van der Waals surface area contributed by atoms with E-state index in [2.05, 4.69) is 4.98 Å². The molecule has 1 heterocycles. The van der Waals surface area contributed by atoms with Gasteiger partial charge in [0.15, 0.2) is 0 Å². The van der Waals surface area contributed by atoms with E-state index in [1.54, 1.807) is 7.11 Å². The number of methoxy groups -OCH3 is 1. The second-order valence-corrected chi connectivity index (χ2v) is 5.17. The average Bonchev–Trinajstić information content (AvgIpc) is 2.28. The van der Waals surface area contributed by atoms with Gasteiger partial charge in [-0.1, -0.05) is 12.2 Å².